The summed E-state index contributed by atoms with van der Waals surface area (Å²) in [7, 11) is 0. The van der Waals surface area contributed by atoms with Crippen molar-refractivity contribution < 1.29 is 9.18 Å². The van der Waals surface area contributed by atoms with Crippen LogP contribution in [-0.2, 0) is 0 Å². The number of carbonyl (C=O) groups excluding carboxylic acids is 1. The molecule has 106 valence electrons. The maximum absolute atomic E-state index is 13.8. The van der Waals surface area contributed by atoms with Gasteiger partial charge in [0.1, 0.15) is 5.82 Å². The Morgan fingerprint density at radius 2 is 2.15 bits per heavy atom. The Kier molecular flexibility index (Phi) is 4.74. The highest BCUT2D eigenvalue weighted by Gasteiger charge is 2.17. The third-order valence-electron chi connectivity index (χ3n) is 2.93. The first kappa shape index (κ1) is 14.5. The van der Waals surface area contributed by atoms with Gasteiger partial charge in [0.2, 0.25) is 0 Å². The van der Waals surface area contributed by atoms with E-state index in [1.165, 1.54) is 6.07 Å². The second-order valence-corrected chi connectivity index (χ2v) is 5.38. The van der Waals surface area contributed by atoms with Gasteiger partial charge < -0.3 is 10.6 Å². The van der Waals surface area contributed by atoms with Crippen LogP contribution in [0.4, 0.5) is 10.1 Å². The van der Waals surface area contributed by atoms with E-state index in [-0.39, 0.29) is 17.6 Å². The Balaban J connectivity index is 2.19. The van der Waals surface area contributed by atoms with Gasteiger partial charge in [-0.2, -0.15) is 0 Å². The molecule has 3 nitrogen and oxygen atoms in total. The molecule has 0 fully saturated rings. The smallest absolute Gasteiger partial charge is 0.253 e. The molecule has 0 spiro atoms. The van der Waals surface area contributed by atoms with Crippen molar-refractivity contribution >= 4 is 22.9 Å². The Morgan fingerprint density at radius 3 is 2.80 bits per heavy atom. The van der Waals surface area contributed by atoms with Crippen molar-refractivity contribution in [2.75, 3.05) is 11.9 Å². The molecular formula is C15H17FN2OS. The summed E-state index contributed by atoms with van der Waals surface area (Å²) >= 11 is 1.58. The average molecular weight is 292 g/mol. The molecule has 1 aromatic carbocycles. The molecule has 20 heavy (non-hydrogen) atoms. The minimum Gasteiger partial charge on any atom is -0.382 e. The molecule has 2 rings (SSSR count). The summed E-state index contributed by atoms with van der Waals surface area (Å²) in [5.41, 5.74) is 0.584. The number of rotatable bonds is 5. The summed E-state index contributed by atoms with van der Waals surface area (Å²) in [5.74, 6) is -0.690. The number of carbonyl (C=O) groups is 1. The molecule has 1 heterocycles. The van der Waals surface area contributed by atoms with Crippen LogP contribution in [0.1, 0.15) is 35.1 Å². The summed E-state index contributed by atoms with van der Waals surface area (Å²) in [6.07, 6.45) is 0. The van der Waals surface area contributed by atoms with E-state index in [0.717, 1.165) is 4.88 Å². The highest BCUT2D eigenvalue weighted by molar-refractivity contribution is 7.10. The van der Waals surface area contributed by atoms with Gasteiger partial charge in [-0.05, 0) is 37.4 Å². The maximum Gasteiger partial charge on any atom is 0.253 e. The van der Waals surface area contributed by atoms with Gasteiger partial charge >= 0.3 is 0 Å². The number of thiophene rings is 1. The fourth-order valence-corrected chi connectivity index (χ4v) is 2.69. The number of anilines is 1. The van der Waals surface area contributed by atoms with Crippen LogP contribution in [0.25, 0.3) is 0 Å². The van der Waals surface area contributed by atoms with Gasteiger partial charge in [0.15, 0.2) is 0 Å². The van der Waals surface area contributed by atoms with Crippen LogP contribution >= 0.6 is 11.3 Å². The van der Waals surface area contributed by atoms with Crippen molar-refractivity contribution in [3.05, 3.63) is 52.0 Å². The lowest BCUT2D eigenvalue weighted by molar-refractivity contribution is 0.0941. The highest BCUT2D eigenvalue weighted by Crippen LogP contribution is 2.22. The van der Waals surface area contributed by atoms with Gasteiger partial charge in [-0.25, -0.2) is 4.39 Å². The number of nitrogens with one attached hydrogen (secondary N) is 2. The summed E-state index contributed by atoms with van der Waals surface area (Å²) in [6, 6.07) is 8.32. The summed E-state index contributed by atoms with van der Waals surface area (Å²) < 4.78 is 13.8. The van der Waals surface area contributed by atoms with Gasteiger partial charge in [-0.1, -0.05) is 12.1 Å². The first-order valence-electron chi connectivity index (χ1n) is 6.50. The van der Waals surface area contributed by atoms with Crippen molar-refractivity contribution in [1.29, 1.82) is 0 Å². The number of hydrogen-bond donors (Lipinski definition) is 2. The predicted molar refractivity (Wildman–Crippen MR) is 80.8 cm³/mol. The minimum atomic E-state index is -0.414. The number of benzene rings is 1. The second kappa shape index (κ2) is 6.52. The predicted octanol–water partition coefficient (Wildman–Crippen LogP) is 3.81. The van der Waals surface area contributed by atoms with Crippen LogP contribution in [0, 0.1) is 5.82 Å². The summed E-state index contributed by atoms with van der Waals surface area (Å²) in [5, 5.41) is 7.75. The molecule has 1 aromatic heterocycles. The molecule has 0 aliphatic rings. The fourth-order valence-electron chi connectivity index (χ4n) is 1.95. The van der Waals surface area contributed by atoms with E-state index in [4.69, 9.17) is 0 Å². The van der Waals surface area contributed by atoms with E-state index in [2.05, 4.69) is 10.6 Å². The molecule has 0 bridgehead atoms. The van der Waals surface area contributed by atoms with Crippen molar-refractivity contribution in [1.82, 2.24) is 5.32 Å². The first-order chi connectivity index (χ1) is 9.63. The number of hydrogen-bond acceptors (Lipinski definition) is 3. The van der Waals surface area contributed by atoms with E-state index in [9.17, 15) is 9.18 Å². The van der Waals surface area contributed by atoms with Gasteiger partial charge in [-0.15, -0.1) is 11.3 Å². The van der Waals surface area contributed by atoms with Crippen LogP contribution in [0.5, 0.6) is 0 Å². The third-order valence-corrected chi connectivity index (χ3v) is 3.98. The largest absolute Gasteiger partial charge is 0.382 e. The van der Waals surface area contributed by atoms with Crippen molar-refractivity contribution in [2.24, 2.45) is 0 Å². The molecule has 2 N–H and O–H groups in total. The Bertz CT molecular complexity index is 584. The number of para-hydroxylation sites is 1. The molecule has 1 atom stereocenters. The first-order valence-corrected chi connectivity index (χ1v) is 7.38. The molecule has 1 amide bonds. The van der Waals surface area contributed by atoms with Gasteiger partial charge in [-0.3, -0.25) is 4.79 Å². The van der Waals surface area contributed by atoms with Crippen LogP contribution in [0.3, 0.4) is 0 Å². The molecule has 0 aliphatic carbocycles. The molecule has 0 saturated carbocycles. The van der Waals surface area contributed by atoms with Crippen LogP contribution in [0.2, 0.25) is 0 Å². The third kappa shape index (κ3) is 3.17. The minimum absolute atomic E-state index is 0.0970. The van der Waals surface area contributed by atoms with E-state index in [1.54, 1.807) is 23.5 Å². The second-order valence-electron chi connectivity index (χ2n) is 4.40. The van der Waals surface area contributed by atoms with E-state index in [0.29, 0.717) is 12.1 Å². The quantitative estimate of drug-likeness (QED) is 0.880. The van der Waals surface area contributed by atoms with Crippen LogP contribution in [0.15, 0.2) is 35.7 Å². The monoisotopic (exact) mass is 292 g/mol. The topological polar surface area (TPSA) is 41.1 Å². The maximum atomic E-state index is 13.8. The Hall–Kier alpha value is -1.88. The lowest BCUT2D eigenvalue weighted by Crippen LogP contribution is -2.27. The highest BCUT2D eigenvalue weighted by atomic mass is 32.1. The van der Waals surface area contributed by atoms with Crippen LogP contribution in [-0.4, -0.2) is 12.5 Å². The Labute approximate surface area is 121 Å². The zero-order valence-corrected chi connectivity index (χ0v) is 12.3. The molecular weight excluding hydrogens is 275 g/mol. The van der Waals surface area contributed by atoms with Gasteiger partial charge in [0.05, 0.1) is 17.3 Å². The van der Waals surface area contributed by atoms with Gasteiger partial charge in [0, 0.05) is 11.4 Å². The SMILES string of the molecule is CCNc1c(F)cccc1C(=O)NC(C)c1cccs1. The zero-order valence-electron chi connectivity index (χ0n) is 11.4. The van der Waals surface area contributed by atoms with Gasteiger partial charge in [0.25, 0.3) is 5.91 Å². The van der Waals surface area contributed by atoms with Crippen molar-refractivity contribution in [3.63, 3.8) is 0 Å². The summed E-state index contributed by atoms with van der Waals surface area (Å²) in [4.78, 5) is 13.4. The number of halogens is 1. The van der Waals surface area contributed by atoms with E-state index in [1.807, 2.05) is 31.4 Å². The molecule has 5 heteroatoms. The van der Waals surface area contributed by atoms with Crippen molar-refractivity contribution in [2.45, 2.75) is 19.9 Å². The molecule has 0 aliphatic heterocycles. The van der Waals surface area contributed by atoms with E-state index < -0.39 is 5.82 Å². The molecule has 0 saturated heterocycles. The van der Waals surface area contributed by atoms with Crippen molar-refractivity contribution in [3.8, 4) is 0 Å². The van der Waals surface area contributed by atoms with Crippen LogP contribution < -0.4 is 10.6 Å². The number of amides is 1. The standard InChI is InChI=1S/C15H17FN2OS/c1-3-17-14-11(6-4-7-12(14)16)15(19)18-10(2)13-8-5-9-20-13/h4-10,17H,3H2,1-2H3,(H,18,19). The molecule has 2 aromatic rings. The van der Waals surface area contributed by atoms with E-state index >= 15 is 0 Å². The Morgan fingerprint density at radius 1 is 1.35 bits per heavy atom. The lowest BCUT2D eigenvalue weighted by atomic mass is 10.1. The average Bonchev–Trinajstić information content (AvgIpc) is 2.95. The fraction of sp³-hybridized carbons (Fsp3) is 0.267. The normalized spacial score (nSPS) is 11.9. The molecule has 1 unspecified atom stereocenters. The zero-order chi connectivity index (χ0) is 14.5. The molecule has 0 radical (unpaired) electrons. The summed E-state index contributed by atoms with van der Waals surface area (Å²) in [6.45, 7) is 4.33. The lowest BCUT2D eigenvalue weighted by Gasteiger charge is -2.15.